The fraction of sp³-hybridized carbons (Fsp3) is 0.417. The van der Waals surface area contributed by atoms with Crippen LogP contribution in [0.25, 0.3) is 0 Å². The molecule has 2 rings (SSSR count). The van der Waals surface area contributed by atoms with Crippen molar-refractivity contribution in [2.75, 3.05) is 7.11 Å². The molecule has 0 spiro atoms. The molecule has 3 N–H and O–H groups in total. The Labute approximate surface area is 94.8 Å². The molecule has 16 heavy (non-hydrogen) atoms. The van der Waals surface area contributed by atoms with E-state index in [4.69, 9.17) is 10.5 Å². The zero-order valence-corrected chi connectivity index (χ0v) is 9.27. The normalized spacial score (nSPS) is 16.8. The van der Waals surface area contributed by atoms with Gasteiger partial charge in [-0.05, 0) is 30.5 Å². The van der Waals surface area contributed by atoms with Crippen molar-refractivity contribution in [1.29, 1.82) is 0 Å². The van der Waals surface area contributed by atoms with Gasteiger partial charge in [0.15, 0.2) is 0 Å². The Morgan fingerprint density at radius 1 is 1.44 bits per heavy atom. The highest BCUT2D eigenvalue weighted by molar-refractivity contribution is 5.81. The van der Waals surface area contributed by atoms with Gasteiger partial charge in [0.2, 0.25) is 5.91 Å². The van der Waals surface area contributed by atoms with Gasteiger partial charge in [-0.2, -0.15) is 0 Å². The van der Waals surface area contributed by atoms with Crippen LogP contribution in [-0.2, 0) is 4.79 Å². The quantitative estimate of drug-likeness (QED) is 0.777. The molecular formula is C12H16N2O2. The van der Waals surface area contributed by atoms with Crippen LogP contribution in [0.1, 0.15) is 24.4 Å². The molecule has 4 nitrogen and oxygen atoms in total. The maximum atomic E-state index is 11.3. The SMILES string of the molecule is COc1ccc(C(NC2CC2)C(N)=O)cc1. The Bertz CT molecular complexity index is 371. The second-order valence-electron chi connectivity index (χ2n) is 4.05. The number of ether oxygens (including phenoxy) is 1. The van der Waals surface area contributed by atoms with Crippen LogP contribution in [-0.4, -0.2) is 19.1 Å². The van der Waals surface area contributed by atoms with E-state index >= 15 is 0 Å². The number of hydrogen-bond donors (Lipinski definition) is 2. The molecule has 0 radical (unpaired) electrons. The lowest BCUT2D eigenvalue weighted by Gasteiger charge is -2.15. The zero-order chi connectivity index (χ0) is 11.5. The topological polar surface area (TPSA) is 64.3 Å². The number of hydrogen-bond acceptors (Lipinski definition) is 3. The van der Waals surface area contributed by atoms with E-state index in [0.717, 1.165) is 24.2 Å². The van der Waals surface area contributed by atoms with Gasteiger partial charge in [-0.15, -0.1) is 0 Å². The van der Waals surface area contributed by atoms with Crippen LogP contribution in [0, 0.1) is 0 Å². The van der Waals surface area contributed by atoms with Crippen LogP contribution in [0.3, 0.4) is 0 Å². The van der Waals surface area contributed by atoms with Crippen LogP contribution < -0.4 is 15.8 Å². The van der Waals surface area contributed by atoms with Crippen LogP contribution >= 0.6 is 0 Å². The van der Waals surface area contributed by atoms with Gasteiger partial charge in [-0.3, -0.25) is 10.1 Å². The minimum atomic E-state index is -0.390. The summed E-state index contributed by atoms with van der Waals surface area (Å²) in [5.74, 6) is 0.440. The monoisotopic (exact) mass is 220 g/mol. The number of carbonyl (C=O) groups is 1. The highest BCUT2D eigenvalue weighted by Gasteiger charge is 2.28. The number of rotatable bonds is 5. The van der Waals surface area contributed by atoms with Crippen molar-refractivity contribution < 1.29 is 9.53 Å². The predicted molar refractivity (Wildman–Crippen MR) is 61.1 cm³/mol. The first-order valence-corrected chi connectivity index (χ1v) is 5.40. The first-order valence-electron chi connectivity index (χ1n) is 5.40. The summed E-state index contributed by atoms with van der Waals surface area (Å²) in [6, 6.07) is 7.45. The fourth-order valence-corrected chi connectivity index (χ4v) is 1.62. The van der Waals surface area contributed by atoms with Gasteiger partial charge in [0.1, 0.15) is 11.8 Å². The second-order valence-corrected chi connectivity index (χ2v) is 4.05. The summed E-state index contributed by atoms with van der Waals surface area (Å²) in [6.07, 6.45) is 2.25. The van der Waals surface area contributed by atoms with E-state index in [2.05, 4.69) is 5.32 Å². The molecular weight excluding hydrogens is 204 g/mol. The Morgan fingerprint density at radius 3 is 2.50 bits per heavy atom. The smallest absolute Gasteiger partial charge is 0.239 e. The molecule has 1 aromatic carbocycles. The molecule has 1 aromatic rings. The average molecular weight is 220 g/mol. The Kier molecular flexibility index (Phi) is 3.10. The molecule has 0 bridgehead atoms. The van der Waals surface area contributed by atoms with E-state index in [-0.39, 0.29) is 5.91 Å². The highest BCUT2D eigenvalue weighted by atomic mass is 16.5. The third kappa shape index (κ3) is 2.52. The molecule has 1 amide bonds. The number of nitrogens with one attached hydrogen (secondary N) is 1. The Morgan fingerprint density at radius 2 is 2.06 bits per heavy atom. The van der Waals surface area contributed by atoms with E-state index < -0.39 is 6.04 Å². The van der Waals surface area contributed by atoms with Gasteiger partial charge >= 0.3 is 0 Å². The van der Waals surface area contributed by atoms with Crippen LogP contribution in [0.4, 0.5) is 0 Å². The van der Waals surface area contributed by atoms with Crippen molar-refractivity contribution in [3.8, 4) is 5.75 Å². The number of amides is 1. The van der Waals surface area contributed by atoms with Crippen LogP contribution in [0.15, 0.2) is 24.3 Å². The van der Waals surface area contributed by atoms with Gasteiger partial charge in [-0.25, -0.2) is 0 Å². The van der Waals surface area contributed by atoms with Gasteiger partial charge in [0.05, 0.1) is 7.11 Å². The minimum absolute atomic E-state index is 0.336. The minimum Gasteiger partial charge on any atom is -0.497 e. The third-order valence-electron chi connectivity index (χ3n) is 2.71. The Hall–Kier alpha value is -1.55. The maximum Gasteiger partial charge on any atom is 0.239 e. The maximum absolute atomic E-state index is 11.3. The number of benzene rings is 1. The zero-order valence-electron chi connectivity index (χ0n) is 9.27. The van der Waals surface area contributed by atoms with E-state index in [1.165, 1.54) is 0 Å². The van der Waals surface area contributed by atoms with Gasteiger partial charge in [-0.1, -0.05) is 12.1 Å². The molecule has 1 aliphatic rings. The average Bonchev–Trinajstić information content (AvgIpc) is 3.09. The number of nitrogens with two attached hydrogens (primary N) is 1. The van der Waals surface area contributed by atoms with E-state index in [1.807, 2.05) is 24.3 Å². The molecule has 1 unspecified atom stereocenters. The van der Waals surface area contributed by atoms with Crippen molar-refractivity contribution in [2.24, 2.45) is 5.73 Å². The lowest BCUT2D eigenvalue weighted by atomic mass is 10.1. The number of carbonyl (C=O) groups excluding carboxylic acids is 1. The summed E-state index contributed by atoms with van der Waals surface area (Å²) in [5, 5.41) is 3.23. The van der Waals surface area contributed by atoms with Gasteiger partial charge in [0.25, 0.3) is 0 Å². The van der Waals surface area contributed by atoms with Crippen molar-refractivity contribution in [3.05, 3.63) is 29.8 Å². The summed E-state index contributed by atoms with van der Waals surface area (Å²) < 4.78 is 5.07. The summed E-state index contributed by atoms with van der Waals surface area (Å²) in [7, 11) is 1.61. The van der Waals surface area contributed by atoms with E-state index in [0.29, 0.717) is 6.04 Å². The number of methoxy groups -OCH3 is 1. The highest BCUT2D eigenvalue weighted by Crippen LogP contribution is 2.25. The predicted octanol–water partition coefficient (Wildman–Crippen LogP) is 0.974. The van der Waals surface area contributed by atoms with Crippen molar-refractivity contribution in [3.63, 3.8) is 0 Å². The Balaban J connectivity index is 2.13. The molecule has 1 aliphatic carbocycles. The van der Waals surface area contributed by atoms with Gasteiger partial charge in [0, 0.05) is 6.04 Å². The van der Waals surface area contributed by atoms with E-state index in [9.17, 15) is 4.79 Å². The van der Waals surface area contributed by atoms with Crippen LogP contribution in [0.2, 0.25) is 0 Å². The van der Waals surface area contributed by atoms with E-state index in [1.54, 1.807) is 7.11 Å². The van der Waals surface area contributed by atoms with Crippen molar-refractivity contribution >= 4 is 5.91 Å². The summed E-state index contributed by atoms with van der Waals surface area (Å²) in [4.78, 5) is 11.3. The van der Waals surface area contributed by atoms with Crippen molar-refractivity contribution in [1.82, 2.24) is 5.32 Å². The molecule has 0 heterocycles. The first-order chi connectivity index (χ1) is 7.70. The summed E-state index contributed by atoms with van der Waals surface area (Å²) >= 11 is 0. The fourth-order valence-electron chi connectivity index (χ4n) is 1.62. The standard InChI is InChI=1S/C12H16N2O2/c1-16-10-6-2-8(3-7-10)11(12(13)15)14-9-4-5-9/h2-3,6-7,9,11,14H,4-5H2,1H3,(H2,13,15). The molecule has 0 aliphatic heterocycles. The summed E-state index contributed by atoms with van der Waals surface area (Å²) in [5.41, 5.74) is 6.27. The summed E-state index contributed by atoms with van der Waals surface area (Å²) in [6.45, 7) is 0. The molecule has 4 heteroatoms. The molecule has 1 atom stereocenters. The largest absolute Gasteiger partial charge is 0.497 e. The van der Waals surface area contributed by atoms with Crippen LogP contribution in [0.5, 0.6) is 5.75 Å². The molecule has 86 valence electrons. The molecule has 1 saturated carbocycles. The second kappa shape index (κ2) is 4.53. The lowest BCUT2D eigenvalue weighted by molar-refractivity contribution is -0.120. The van der Waals surface area contributed by atoms with Crippen molar-refractivity contribution in [2.45, 2.75) is 24.9 Å². The molecule has 1 fully saturated rings. The first kappa shape index (κ1) is 11.0. The van der Waals surface area contributed by atoms with Gasteiger partial charge < -0.3 is 10.5 Å². The lowest BCUT2D eigenvalue weighted by Crippen LogP contribution is -2.34. The third-order valence-corrected chi connectivity index (χ3v) is 2.71. The molecule has 0 aromatic heterocycles. The number of primary amides is 1. The molecule has 0 saturated heterocycles.